The van der Waals surface area contributed by atoms with E-state index in [-0.39, 0.29) is 31.1 Å². The van der Waals surface area contributed by atoms with E-state index in [9.17, 15) is 0 Å². The predicted octanol–water partition coefficient (Wildman–Crippen LogP) is 1.42. The molecule has 0 atom stereocenters. The van der Waals surface area contributed by atoms with Crippen LogP contribution in [0.1, 0.15) is 0 Å². The molecule has 0 aromatic heterocycles. The van der Waals surface area contributed by atoms with Crippen molar-refractivity contribution >= 4 is 22.6 Å². The second-order valence-corrected chi connectivity index (χ2v) is 0.434. The maximum atomic E-state index is 8.99. The SMILES string of the molecule is [CH-]=C[N+](=O)[O-].[CH2-]I.[U+2]. The largest absolute Gasteiger partial charge is 2.00 e. The second-order valence-electron chi connectivity index (χ2n) is 0.434. The van der Waals surface area contributed by atoms with Gasteiger partial charge in [-0.1, -0.05) is 0 Å². The van der Waals surface area contributed by atoms with Crippen molar-refractivity contribution in [1.82, 2.24) is 0 Å². The minimum atomic E-state index is -0.722. The van der Waals surface area contributed by atoms with E-state index >= 15 is 0 Å². The molecule has 0 saturated heterocycles. The second kappa shape index (κ2) is 15.7. The number of hydrogen-bond acceptors (Lipinski definition) is 2. The first-order chi connectivity index (χ1) is 3.27. The molecule has 0 aromatic rings. The van der Waals surface area contributed by atoms with Gasteiger partial charge in [-0.2, -0.15) is 0 Å². The third kappa shape index (κ3) is 28.4. The van der Waals surface area contributed by atoms with Crippen LogP contribution in [0.4, 0.5) is 0 Å². The molecule has 8 heavy (non-hydrogen) atoms. The molecule has 0 fully saturated rings. The normalized spacial score (nSPS) is 4.75. The molecule has 0 aliphatic carbocycles. The van der Waals surface area contributed by atoms with Gasteiger partial charge < -0.3 is 29.2 Å². The molecule has 0 N–H and O–H groups in total. The van der Waals surface area contributed by atoms with Crippen molar-refractivity contribution in [3.63, 3.8) is 0 Å². The van der Waals surface area contributed by atoms with Gasteiger partial charge in [0, 0.05) is 4.92 Å². The summed E-state index contributed by atoms with van der Waals surface area (Å²) in [4.78, 5) is 11.5. The molecule has 0 bridgehead atoms. The maximum Gasteiger partial charge on any atom is 2.00 e. The Balaban J connectivity index is -0.0000000750. The smallest absolute Gasteiger partial charge is 0.439 e. The molecule has 0 radical (unpaired) electrons. The molecule has 0 spiro atoms. The average Bonchev–Trinajstić information content (AvgIpc) is 1.73. The number of halogens is 1. The summed E-state index contributed by atoms with van der Waals surface area (Å²) in [5.41, 5.74) is 0. The zero-order chi connectivity index (χ0) is 6.28. The maximum absolute atomic E-state index is 8.99. The summed E-state index contributed by atoms with van der Waals surface area (Å²) in [5.74, 6) is 0. The summed E-state index contributed by atoms with van der Waals surface area (Å²) in [7, 11) is 0. The summed E-state index contributed by atoms with van der Waals surface area (Å²) in [6, 6.07) is 0. The van der Waals surface area contributed by atoms with E-state index in [4.69, 9.17) is 10.1 Å². The van der Waals surface area contributed by atoms with Gasteiger partial charge in [0.05, 0.1) is 6.20 Å². The first kappa shape index (κ1) is 16.0. The van der Waals surface area contributed by atoms with Crippen molar-refractivity contribution < 1.29 is 36.0 Å². The standard InChI is InChI=1S/C2H2NO2.CH2I.U/c1-2-3(4)5;1-2;/h1-2H;1H2;/q2*-1;+2. The van der Waals surface area contributed by atoms with Crippen LogP contribution in [-0.4, -0.2) is 4.92 Å². The quantitative estimate of drug-likeness (QED) is 0.262. The van der Waals surface area contributed by atoms with Crippen LogP contribution in [0.15, 0.2) is 6.20 Å². The molecule has 0 unspecified atom stereocenters. The first-order valence-corrected chi connectivity index (χ1v) is 2.75. The van der Waals surface area contributed by atoms with E-state index in [1.807, 2.05) is 22.6 Å². The minimum Gasteiger partial charge on any atom is -0.439 e. The molecule has 0 aliphatic heterocycles. The van der Waals surface area contributed by atoms with Crippen LogP contribution in [0.5, 0.6) is 0 Å². The van der Waals surface area contributed by atoms with Gasteiger partial charge >= 0.3 is 31.1 Å². The Hall–Kier alpha value is 0.922. The van der Waals surface area contributed by atoms with E-state index in [1.165, 1.54) is 0 Å². The third-order valence-corrected chi connectivity index (χ3v) is 0.122. The van der Waals surface area contributed by atoms with E-state index in [2.05, 4.69) is 11.5 Å². The molecule has 0 saturated carbocycles. The Morgan fingerprint density at radius 1 is 1.75 bits per heavy atom. The summed E-state index contributed by atoms with van der Waals surface area (Å²) < 4.78 is 0. The van der Waals surface area contributed by atoms with Crippen molar-refractivity contribution in [2.45, 2.75) is 0 Å². The van der Waals surface area contributed by atoms with E-state index in [1.54, 1.807) is 0 Å². The Morgan fingerprint density at radius 3 is 1.88 bits per heavy atom. The Bertz CT molecular complexity index is 68.3. The Kier molecular flexibility index (Phi) is 31.3. The minimum absolute atomic E-state index is 0. The molecule has 0 rings (SSSR count). The van der Waals surface area contributed by atoms with Gasteiger partial charge in [-0.05, 0) is 0 Å². The van der Waals surface area contributed by atoms with Crippen LogP contribution >= 0.6 is 22.6 Å². The van der Waals surface area contributed by atoms with Gasteiger partial charge in [0.25, 0.3) is 0 Å². The predicted molar refractivity (Wildman–Crippen MR) is 35.2 cm³/mol. The monoisotopic (exact) mass is 451 g/mol. The molecule has 44 valence electrons. The Labute approximate surface area is 85.6 Å². The van der Waals surface area contributed by atoms with Crippen LogP contribution < -0.4 is 0 Å². The van der Waals surface area contributed by atoms with Crippen molar-refractivity contribution in [2.75, 3.05) is 0 Å². The van der Waals surface area contributed by atoms with Gasteiger partial charge in [-0.3, -0.25) is 15.0 Å². The Morgan fingerprint density at radius 2 is 1.88 bits per heavy atom. The van der Waals surface area contributed by atoms with E-state index < -0.39 is 4.92 Å². The number of nitro groups is 1. The average molecular weight is 451 g/mol. The van der Waals surface area contributed by atoms with Crippen molar-refractivity contribution in [3.8, 4) is 0 Å². The van der Waals surface area contributed by atoms with E-state index in [0.717, 1.165) is 0 Å². The topological polar surface area (TPSA) is 43.1 Å². The molecule has 0 amide bonds. The summed E-state index contributed by atoms with van der Waals surface area (Å²) >= 11 is 1.90. The fraction of sp³-hybridized carbons (Fsp3) is 0. The van der Waals surface area contributed by atoms with Gasteiger partial charge in [-0.15, -0.1) is 0 Å². The molecule has 0 aliphatic rings. The van der Waals surface area contributed by atoms with Crippen LogP contribution in [0.2, 0.25) is 0 Å². The summed E-state index contributed by atoms with van der Waals surface area (Å²) in [6.45, 7) is 4.35. The number of nitrogens with zero attached hydrogens (tertiary/aromatic N) is 1. The molecule has 0 heterocycles. The fourth-order valence-electron chi connectivity index (χ4n) is 0. The number of hydrogen-bond donors (Lipinski definition) is 0. The van der Waals surface area contributed by atoms with Crippen LogP contribution in [0.25, 0.3) is 0 Å². The molecule has 5 heteroatoms. The molecular formula is C3H4INO2U. The van der Waals surface area contributed by atoms with Crippen LogP contribution in [-0.2, 0) is 0 Å². The summed E-state index contributed by atoms with van der Waals surface area (Å²) in [5, 5.41) is 8.99. The van der Waals surface area contributed by atoms with Crippen molar-refractivity contribution in [3.05, 3.63) is 27.8 Å². The van der Waals surface area contributed by atoms with Crippen LogP contribution in [0.3, 0.4) is 0 Å². The fourth-order valence-corrected chi connectivity index (χ4v) is 0. The van der Waals surface area contributed by atoms with E-state index in [0.29, 0.717) is 6.20 Å². The van der Waals surface area contributed by atoms with Gasteiger partial charge in [-0.25, -0.2) is 0 Å². The van der Waals surface area contributed by atoms with Gasteiger partial charge in [0.1, 0.15) is 0 Å². The number of rotatable bonds is 1. The summed E-state index contributed by atoms with van der Waals surface area (Å²) in [6.07, 6.45) is 0.389. The zero-order valence-corrected chi connectivity index (χ0v) is 10.3. The van der Waals surface area contributed by atoms with Crippen molar-refractivity contribution in [1.29, 1.82) is 0 Å². The van der Waals surface area contributed by atoms with Crippen molar-refractivity contribution in [2.24, 2.45) is 0 Å². The van der Waals surface area contributed by atoms with Gasteiger partial charge in [0.15, 0.2) is 0 Å². The molecular weight excluding hydrogens is 447 g/mol. The first-order valence-electron chi connectivity index (χ1n) is 1.22. The molecule has 3 nitrogen and oxygen atoms in total. The van der Waals surface area contributed by atoms with Crippen LogP contribution in [0, 0.1) is 52.7 Å². The zero-order valence-electron chi connectivity index (χ0n) is 4.00. The van der Waals surface area contributed by atoms with Gasteiger partial charge in [0.2, 0.25) is 0 Å². The molecule has 0 aromatic carbocycles. The third-order valence-electron chi connectivity index (χ3n) is 0.122.